The smallest absolute Gasteiger partial charge is 0.340 e. The average molecular weight is 440 g/mol. The van der Waals surface area contributed by atoms with Crippen molar-refractivity contribution in [3.8, 4) is 0 Å². The largest absolute Gasteiger partial charge is 0.462 e. The average Bonchev–Trinajstić information content (AvgIpc) is 2.84. The highest BCUT2D eigenvalue weighted by Crippen LogP contribution is 2.26. The van der Waals surface area contributed by atoms with Crippen molar-refractivity contribution in [3.63, 3.8) is 0 Å². The molecule has 0 aliphatic heterocycles. The van der Waals surface area contributed by atoms with Crippen molar-refractivity contribution in [1.82, 2.24) is 9.97 Å². The molecule has 6 nitrogen and oxygen atoms in total. The number of para-hydroxylation sites is 3. The van der Waals surface area contributed by atoms with Crippen LogP contribution in [-0.2, 0) is 9.53 Å². The summed E-state index contributed by atoms with van der Waals surface area (Å²) in [7, 11) is 0. The maximum atomic E-state index is 12.8. The molecule has 4 rings (SSSR count). The Morgan fingerprint density at radius 2 is 1.61 bits per heavy atom. The molecule has 0 spiro atoms. The molecule has 0 aliphatic rings. The van der Waals surface area contributed by atoms with Gasteiger partial charge in [-0.05, 0) is 61.9 Å². The minimum atomic E-state index is -0.589. The first-order valence-corrected chi connectivity index (χ1v) is 10.9. The van der Waals surface area contributed by atoms with E-state index in [1.165, 1.54) is 0 Å². The predicted octanol–water partition coefficient (Wildman–Crippen LogP) is 5.18. The molecule has 0 aliphatic carbocycles. The maximum Gasteiger partial charge on any atom is 0.340 e. The third kappa shape index (κ3) is 4.85. The van der Waals surface area contributed by atoms with Crippen LogP contribution >= 0.6 is 0 Å². The monoisotopic (exact) mass is 439 g/mol. The summed E-state index contributed by atoms with van der Waals surface area (Å²) in [6, 6.07) is 25.1. The molecule has 0 fully saturated rings. The third-order valence-corrected chi connectivity index (χ3v) is 5.25. The molecular formula is C27H25N3O3. The van der Waals surface area contributed by atoms with E-state index >= 15 is 0 Å². The third-order valence-electron chi connectivity index (χ3n) is 5.25. The Kier molecular flexibility index (Phi) is 6.64. The van der Waals surface area contributed by atoms with E-state index in [0.717, 1.165) is 23.5 Å². The standard InChI is InChI=1S/C27H25N3O3/c1-3-30(20-10-6-5-7-11-20)21-16-14-19(15-17-21)18-22(27(32)33-4-2)25-26(31)29-24-13-9-8-12-23(24)28-25/h5-18H,3-4H2,1-2H3,(H,29,31)/b22-18+. The second-order valence-electron chi connectivity index (χ2n) is 7.38. The maximum absolute atomic E-state index is 12.8. The molecule has 166 valence electrons. The van der Waals surface area contributed by atoms with Gasteiger partial charge in [-0.3, -0.25) is 4.79 Å². The number of carbonyl (C=O) groups is 1. The van der Waals surface area contributed by atoms with Crippen LogP contribution in [-0.4, -0.2) is 29.1 Å². The molecule has 3 aromatic carbocycles. The summed E-state index contributed by atoms with van der Waals surface area (Å²) in [5.74, 6) is -0.589. The first kappa shape index (κ1) is 22.0. The number of aromatic amines is 1. The number of H-pyrrole nitrogens is 1. The number of hydrogen-bond donors (Lipinski definition) is 1. The number of fused-ring (bicyclic) bond motifs is 1. The van der Waals surface area contributed by atoms with Gasteiger partial charge in [0.05, 0.1) is 23.2 Å². The topological polar surface area (TPSA) is 75.3 Å². The number of nitrogens with one attached hydrogen (secondary N) is 1. The van der Waals surface area contributed by atoms with Crippen LogP contribution in [0.4, 0.5) is 11.4 Å². The van der Waals surface area contributed by atoms with Crippen LogP contribution in [0.3, 0.4) is 0 Å². The summed E-state index contributed by atoms with van der Waals surface area (Å²) < 4.78 is 5.23. The molecule has 4 aromatic rings. The summed E-state index contributed by atoms with van der Waals surface area (Å²) in [5, 5.41) is 0. The fraction of sp³-hybridized carbons (Fsp3) is 0.148. The van der Waals surface area contributed by atoms with Crippen LogP contribution in [0.25, 0.3) is 22.7 Å². The molecule has 0 saturated heterocycles. The van der Waals surface area contributed by atoms with E-state index < -0.39 is 11.5 Å². The van der Waals surface area contributed by atoms with Gasteiger partial charge in [0.2, 0.25) is 0 Å². The summed E-state index contributed by atoms with van der Waals surface area (Å²) >= 11 is 0. The van der Waals surface area contributed by atoms with Crippen LogP contribution in [0.5, 0.6) is 0 Å². The normalized spacial score (nSPS) is 11.4. The molecule has 0 atom stereocenters. The predicted molar refractivity (Wildman–Crippen MR) is 132 cm³/mol. The van der Waals surface area contributed by atoms with Crippen LogP contribution < -0.4 is 10.5 Å². The number of aromatic nitrogens is 2. The van der Waals surface area contributed by atoms with Gasteiger partial charge in [0.25, 0.3) is 5.56 Å². The van der Waals surface area contributed by atoms with Crippen LogP contribution in [0.15, 0.2) is 83.7 Å². The van der Waals surface area contributed by atoms with Crippen LogP contribution in [0, 0.1) is 0 Å². The molecule has 0 radical (unpaired) electrons. The second-order valence-corrected chi connectivity index (χ2v) is 7.38. The number of benzene rings is 3. The van der Waals surface area contributed by atoms with Gasteiger partial charge < -0.3 is 14.6 Å². The minimum absolute atomic E-state index is 0.0377. The lowest BCUT2D eigenvalue weighted by atomic mass is 10.1. The Hall–Kier alpha value is -4.19. The molecule has 1 aromatic heterocycles. The Morgan fingerprint density at radius 1 is 0.939 bits per heavy atom. The molecule has 0 bridgehead atoms. The summed E-state index contributed by atoms with van der Waals surface area (Å²) in [4.78, 5) is 34.9. The number of hydrogen-bond acceptors (Lipinski definition) is 5. The zero-order valence-corrected chi connectivity index (χ0v) is 18.6. The molecule has 1 N–H and O–H groups in total. The van der Waals surface area contributed by atoms with E-state index in [0.29, 0.717) is 11.0 Å². The van der Waals surface area contributed by atoms with Gasteiger partial charge in [0.1, 0.15) is 5.69 Å². The number of rotatable bonds is 7. The first-order chi connectivity index (χ1) is 16.1. The fourth-order valence-corrected chi connectivity index (χ4v) is 3.68. The van der Waals surface area contributed by atoms with Crippen molar-refractivity contribution >= 4 is 40.0 Å². The Morgan fingerprint density at radius 3 is 2.30 bits per heavy atom. The summed E-state index contributed by atoms with van der Waals surface area (Å²) in [6.45, 7) is 4.83. The van der Waals surface area contributed by atoms with Gasteiger partial charge in [0.15, 0.2) is 0 Å². The first-order valence-electron chi connectivity index (χ1n) is 10.9. The molecular weight excluding hydrogens is 414 g/mol. The van der Waals surface area contributed by atoms with E-state index in [9.17, 15) is 9.59 Å². The van der Waals surface area contributed by atoms with Gasteiger partial charge in [-0.15, -0.1) is 0 Å². The SMILES string of the molecule is CCOC(=O)/C(=C/c1ccc(N(CC)c2ccccc2)cc1)c1nc2ccccc2[nH]c1=O. The Bertz CT molecular complexity index is 1340. The molecule has 0 saturated carbocycles. The highest BCUT2D eigenvalue weighted by molar-refractivity contribution is 6.21. The molecule has 0 amide bonds. The lowest BCUT2D eigenvalue weighted by molar-refractivity contribution is -0.136. The van der Waals surface area contributed by atoms with E-state index in [-0.39, 0.29) is 17.9 Å². The number of anilines is 2. The molecule has 1 heterocycles. The van der Waals surface area contributed by atoms with Crippen LogP contribution in [0.2, 0.25) is 0 Å². The van der Waals surface area contributed by atoms with Gasteiger partial charge >= 0.3 is 5.97 Å². The number of carbonyl (C=O) groups excluding carboxylic acids is 1. The summed E-state index contributed by atoms with van der Waals surface area (Å²) in [6.07, 6.45) is 1.65. The van der Waals surface area contributed by atoms with Gasteiger partial charge in [-0.1, -0.05) is 42.5 Å². The lowest BCUT2D eigenvalue weighted by Gasteiger charge is -2.23. The fourth-order valence-electron chi connectivity index (χ4n) is 3.68. The molecule has 33 heavy (non-hydrogen) atoms. The number of ether oxygens (including phenoxy) is 1. The van der Waals surface area contributed by atoms with E-state index in [1.54, 1.807) is 25.1 Å². The van der Waals surface area contributed by atoms with Crippen molar-refractivity contribution in [2.45, 2.75) is 13.8 Å². The van der Waals surface area contributed by atoms with Crippen molar-refractivity contribution in [2.24, 2.45) is 0 Å². The van der Waals surface area contributed by atoms with Crippen molar-refractivity contribution < 1.29 is 9.53 Å². The summed E-state index contributed by atoms with van der Waals surface area (Å²) in [5.41, 5.74) is 3.81. The number of esters is 1. The Labute approximate surface area is 192 Å². The highest BCUT2D eigenvalue weighted by Gasteiger charge is 2.19. The van der Waals surface area contributed by atoms with E-state index in [2.05, 4.69) is 33.9 Å². The van der Waals surface area contributed by atoms with Gasteiger partial charge in [-0.2, -0.15) is 0 Å². The van der Waals surface area contributed by atoms with Crippen molar-refractivity contribution in [3.05, 3.63) is 100 Å². The zero-order chi connectivity index (χ0) is 23.2. The van der Waals surface area contributed by atoms with E-state index in [4.69, 9.17) is 4.74 Å². The molecule has 0 unspecified atom stereocenters. The quantitative estimate of drug-likeness (QED) is 0.317. The minimum Gasteiger partial charge on any atom is -0.462 e. The van der Waals surface area contributed by atoms with Gasteiger partial charge in [0, 0.05) is 17.9 Å². The number of nitrogens with zero attached hydrogens (tertiary/aromatic N) is 2. The van der Waals surface area contributed by atoms with Crippen molar-refractivity contribution in [2.75, 3.05) is 18.1 Å². The van der Waals surface area contributed by atoms with Crippen molar-refractivity contribution in [1.29, 1.82) is 0 Å². The highest BCUT2D eigenvalue weighted by atomic mass is 16.5. The van der Waals surface area contributed by atoms with Crippen LogP contribution in [0.1, 0.15) is 25.1 Å². The molecule has 6 heteroatoms. The second kappa shape index (κ2) is 9.96. The lowest BCUT2D eigenvalue weighted by Crippen LogP contribution is -2.19. The van der Waals surface area contributed by atoms with Gasteiger partial charge in [-0.25, -0.2) is 9.78 Å². The Balaban J connectivity index is 1.74. The van der Waals surface area contributed by atoms with E-state index in [1.807, 2.05) is 54.6 Å². The zero-order valence-electron chi connectivity index (χ0n) is 18.6.